The summed E-state index contributed by atoms with van der Waals surface area (Å²) in [6.45, 7) is 1.16. The number of hydrogen-bond acceptors (Lipinski definition) is 4. The molecular formula is C2H5N3O+. The van der Waals surface area contributed by atoms with E-state index in [1.165, 1.54) is 0 Å². The summed E-state index contributed by atoms with van der Waals surface area (Å²) in [5, 5.41) is 15.8. The van der Waals surface area contributed by atoms with Crippen molar-refractivity contribution in [3.8, 4) is 0 Å². The fourth-order valence-electron chi connectivity index (χ4n) is 0.297. The molecule has 4 nitrogen and oxygen atoms in total. The van der Waals surface area contributed by atoms with Gasteiger partial charge in [0, 0.05) is 0 Å². The highest BCUT2D eigenvalue weighted by atomic mass is 16.5. The topological polar surface area (TPSA) is 50.9 Å². The molecule has 0 aliphatic carbocycles. The van der Waals surface area contributed by atoms with E-state index in [1.54, 1.807) is 0 Å². The minimum absolute atomic E-state index is 0.542. The predicted molar refractivity (Wildman–Crippen MR) is 18.5 cm³/mol. The van der Waals surface area contributed by atoms with E-state index >= 15 is 0 Å². The van der Waals surface area contributed by atoms with Crippen molar-refractivity contribution in [2.75, 3.05) is 13.1 Å². The van der Waals surface area contributed by atoms with Crippen molar-refractivity contribution in [2.45, 2.75) is 0 Å². The Labute approximate surface area is 35.0 Å². The van der Waals surface area contributed by atoms with Gasteiger partial charge >= 0.3 is 0 Å². The number of hydrogen-bond donors (Lipinski definition) is 1. The molecule has 0 atom stereocenters. The van der Waals surface area contributed by atoms with Crippen molar-refractivity contribution >= 4 is 0 Å². The van der Waals surface area contributed by atoms with Crippen molar-refractivity contribution in [3.63, 3.8) is 0 Å². The average Bonchev–Trinajstić information content (AvgIpc) is 1.86. The molecular weight excluding hydrogens is 82.0 g/mol. The van der Waals surface area contributed by atoms with E-state index in [2.05, 4.69) is 10.3 Å². The molecule has 0 aromatic carbocycles. The van der Waals surface area contributed by atoms with Crippen LogP contribution in [0.25, 0.3) is 0 Å². The lowest BCUT2D eigenvalue weighted by atomic mass is 10.7. The zero-order chi connectivity index (χ0) is 4.41. The van der Waals surface area contributed by atoms with Crippen LogP contribution < -0.4 is 5.17 Å². The van der Waals surface area contributed by atoms with E-state index in [0.717, 1.165) is 5.17 Å². The first-order chi connectivity index (χ1) is 2.89. The van der Waals surface area contributed by atoms with Gasteiger partial charge in [-0.1, -0.05) is 0 Å². The lowest BCUT2D eigenvalue weighted by molar-refractivity contribution is 0.0280. The Morgan fingerprint density at radius 1 is 1.67 bits per heavy atom. The normalized spacial score (nSPS) is 22.8. The molecule has 0 saturated carbocycles. The third kappa shape index (κ3) is 0.526. The fraction of sp³-hybridized carbons (Fsp3) is 1.00. The van der Waals surface area contributed by atoms with Crippen molar-refractivity contribution in [3.05, 3.63) is 0 Å². The maximum Gasteiger partial charge on any atom is 0.217 e. The van der Waals surface area contributed by atoms with E-state index in [1.807, 2.05) is 0 Å². The number of hydroxylamine groups is 1. The van der Waals surface area contributed by atoms with Gasteiger partial charge in [-0.05, 0) is 0 Å². The summed E-state index contributed by atoms with van der Waals surface area (Å²) in [7, 11) is 0. The lowest BCUT2D eigenvalue weighted by Gasteiger charge is -1.72. The van der Waals surface area contributed by atoms with Crippen LogP contribution in [0.4, 0.5) is 0 Å². The Kier molecular flexibility index (Phi) is 0.813. The van der Waals surface area contributed by atoms with Crippen LogP contribution in [-0.4, -0.2) is 18.3 Å². The molecule has 0 amide bonds. The molecule has 0 spiro atoms. The summed E-state index contributed by atoms with van der Waals surface area (Å²) in [6, 6.07) is 0. The van der Waals surface area contributed by atoms with Gasteiger partial charge in [-0.25, -0.2) is 0 Å². The zero-order valence-electron chi connectivity index (χ0n) is 3.20. The molecule has 0 saturated heterocycles. The third-order valence-corrected chi connectivity index (χ3v) is 0.566. The molecule has 0 aromatic heterocycles. The first-order valence-corrected chi connectivity index (χ1v) is 1.73. The monoisotopic (exact) mass is 87.0 g/mol. The van der Waals surface area contributed by atoms with Crippen LogP contribution >= 0.6 is 0 Å². The molecule has 0 bridgehead atoms. The predicted octanol–water partition coefficient (Wildman–Crippen LogP) is -0.104. The van der Waals surface area contributed by atoms with Crippen molar-refractivity contribution in [1.82, 2.24) is 5.17 Å². The van der Waals surface area contributed by atoms with Gasteiger partial charge < -0.3 is 0 Å². The molecule has 0 aromatic rings. The van der Waals surface area contributed by atoms with Crippen molar-refractivity contribution < 1.29 is 5.21 Å². The Balaban J connectivity index is 2.38. The SMILES string of the molecule is O[N+]1CCN=N1. The van der Waals surface area contributed by atoms with Crippen LogP contribution in [0.5, 0.6) is 0 Å². The summed E-state index contributed by atoms with van der Waals surface area (Å²) in [6.07, 6.45) is 0. The van der Waals surface area contributed by atoms with E-state index < -0.39 is 0 Å². The van der Waals surface area contributed by atoms with Crippen molar-refractivity contribution in [2.24, 2.45) is 10.3 Å². The molecule has 33 valence electrons. The molecule has 0 unspecified atom stereocenters. The molecule has 0 fully saturated rings. The molecule has 1 rings (SSSR count). The van der Waals surface area contributed by atoms with Gasteiger partial charge in [-0.15, -0.1) is 10.3 Å². The first-order valence-electron chi connectivity index (χ1n) is 1.73. The average molecular weight is 87.1 g/mol. The first kappa shape index (κ1) is 3.70. The van der Waals surface area contributed by atoms with Gasteiger partial charge in [0.15, 0.2) is 5.17 Å². The summed E-state index contributed by atoms with van der Waals surface area (Å²) < 4.78 is 0. The minimum atomic E-state index is 0.542. The molecule has 1 radical (unpaired) electrons. The summed E-state index contributed by atoms with van der Waals surface area (Å²) in [5.74, 6) is 0. The van der Waals surface area contributed by atoms with E-state index in [9.17, 15) is 0 Å². The molecule has 1 N–H and O–H groups in total. The smallest absolute Gasteiger partial charge is 0.130 e. The Bertz CT molecular complexity index is 71.2. The summed E-state index contributed by atoms with van der Waals surface area (Å²) >= 11 is 0. The van der Waals surface area contributed by atoms with Gasteiger partial charge in [-0.2, -0.15) is 0 Å². The van der Waals surface area contributed by atoms with Gasteiger partial charge in [-0.3, -0.25) is 0 Å². The van der Waals surface area contributed by atoms with Crippen LogP contribution in [0.3, 0.4) is 0 Å². The van der Waals surface area contributed by atoms with Crippen LogP contribution in [0.2, 0.25) is 0 Å². The Hall–Kier alpha value is -0.480. The molecule has 1 aliphatic rings. The van der Waals surface area contributed by atoms with E-state index in [0.29, 0.717) is 13.1 Å². The second-order valence-corrected chi connectivity index (χ2v) is 1.05. The summed E-state index contributed by atoms with van der Waals surface area (Å²) in [5.41, 5.74) is 0. The third-order valence-electron chi connectivity index (χ3n) is 0.566. The highest BCUT2D eigenvalue weighted by molar-refractivity contribution is 4.49. The Morgan fingerprint density at radius 3 is 2.67 bits per heavy atom. The van der Waals surface area contributed by atoms with E-state index in [4.69, 9.17) is 5.21 Å². The van der Waals surface area contributed by atoms with Crippen LogP contribution in [0.1, 0.15) is 0 Å². The van der Waals surface area contributed by atoms with Gasteiger partial charge in [0.25, 0.3) is 0 Å². The van der Waals surface area contributed by atoms with Crippen LogP contribution in [0, 0.1) is 0 Å². The van der Waals surface area contributed by atoms with Crippen LogP contribution in [-0.2, 0) is 0 Å². The molecule has 1 heterocycles. The maximum absolute atomic E-state index is 8.30. The zero-order valence-corrected chi connectivity index (χ0v) is 3.20. The summed E-state index contributed by atoms with van der Waals surface area (Å²) in [4.78, 5) is 0. The van der Waals surface area contributed by atoms with E-state index in [-0.39, 0.29) is 0 Å². The second kappa shape index (κ2) is 1.32. The largest absolute Gasteiger partial charge is 0.217 e. The quantitative estimate of drug-likeness (QED) is 0.412. The number of nitrogens with zero attached hydrogens (tertiary/aromatic N) is 3. The molecule has 6 heavy (non-hydrogen) atoms. The standard InChI is InChI=1S/C2H5N3O/c6-5-2-1-3-4-5/h6H,1-2H2/q+1. The van der Waals surface area contributed by atoms with Gasteiger partial charge in [0.2, 0.25) is 6.54 Å². The lowest BCUT2D eigenvalue weighted by Crippen LogP contribution is -2.15. The second-order valence-electron chi connectivity index (χ2n) is 1.05. The minimum Gasteiger partial charge on any atom is -0.130 e. The molecule has 1 aliphatic heterocycles. The highest BCUT2D eigenvalue weighted by Crippen LogP contribution is 1.88. The van der Waals surface area contributed by atoms with Gasteiger partial charge in [0.1, 0.15) is 11.8 Å². The maximum atomic E-state index is 8.30. The van der Waals surface area contributed by atoms with Crippen molar-refractivity contribution in [1.29, 1.82) is 0 Å². The fourth-order valence-corrected chi connectivity index (χ4v) is 0.297. The highest BCUT2D eigenvalue weighted by Gasteiger charge is 2.15. The Morgan fingerprint density at radius 2 is 2.50 bits per heavy atom. The van der Waals surface area contributed by atoms with Gasteiger partial charge in [0.05, 0.1) is 0 Å². The van der Waals surface area contributed by atoms with Crippen LogP contribution in [0.15, 0.2) is 10.3 Å². The number of rotatable bonds is 0. The molecule has 4 heteroatoms.